The van der Waals surface area contributed by atoms with Crippen molar-refractivity contribution < 1.29 is 46.1 Å². The predicted octanol–water partition coefficient (Wildman–Crippen LogP) is 3.95. The molecule has 194 valence electrons. The molecule has 1 fully saturated rings. The van der Waals surface area contributed by atoms with Crippen LogP contribution in [0.5, 0.6) is 0 Å². The molecule has 4 rings (SSSR count). The summed E-state index contributed by atoms with van der Waals surface area (Å²) in [4.78, 5) is 25.3. The molecule has 0 radical (unpaired) electrons. The molecule has 1 amide bonds. The molecule has 2 atom stereocenters. The summed E-state index contributed by atoms with van der Waals surface area (Å²) in [6.07, 6.45) is -4.89. The van der Waals surface area contributed by atoms with Crippen molar-refractivity contribution in [2.75, 3.05) is 24.7 Å². The molecule has 2 aliphatic rings. The lowest BCUT2D eigenvalue weighted by molar-refractivity contribution is -0.167. The standard InChI is InChI=1S/C23H20BrF5N2O5/c24-15-2-1-11(13-8-36-9-14(13)15)5-18(22(33)34)30-21(32)20-16(25)6-12(7-17(20)26)31-3-4-35-10-19(31)23(27,28)29/h1-2,6-7,18-19H,3-5,8-10H2,(H,30,32)(H,33,34)/t18-,19+/m0/s1. The van der Waals surface area contributed by atoms with Crippen LogP contribution < -0.4 is 10.2 Å². The Morgan fingerprint density at radius 3 is 2.44 bits per heavy atom. The van der Waals surface area contributed by atoms with Crippen LogP contribution in [0, 0.1) is 11.6 Å². The maximum atomic E-state index is 14.8. The van der Waals surface area contributed by atoms with Crippen molar-refractivity contribution in [1.82, 2.24) is 5.32 Å². The summed E-state index contributed by atoms with van der Waals surface area (Å²) < 4.78 is 80.8. The summed E-state index contributed by atoms with van der Waals surface area (Å²) in [5.74, 6) is -5.62. The van der Waals surface area contributed by atoms with Crippen LogP contribution in [-0.4, -0.2) is 55.0 Å². The number of morpholine rings is 1. The Morgan fingerprint density at radius 1 is 1.14 bits per heavy atom. The molecule has 13 heteroatoms. The number of carbonyl (C=O) groups excluding carboxylic acids is 1. The summed E-state index contributed by atoms with van der Waals surface area (Å²) in [6.45, 7) is -0.481. The highest BCUT2D eigenvalue weighted by Crippen LogP contribution is 2.33. The molecule has 7 nitrogen and oxygen atoms in total. The number of nitrogens with one attached hydrogen (secondary N) is 1. The lowest BCUT2D eigenvalue weighted by Crippen LogP contribution is -2.53. The van der Waals surface area contributed by atoms with Crippen molar-refractivity contribution in [3.63, 3.8) is 0 Å². The second kappa shape index (κ2) is 10.3. The first-order chi connectivity index (χ1) is 17.0. The van der Waals surface area contributed by atoms with Gasteiger partial charge in [0.25, 0.3) is 5.91 Å². The van der Waals surface area contributed by atoms with Gasteiger partial charge in [-0.3, -0.25) is 4.79 Å². The number of carboxylic acids is 1. The fourth-order valence-electron chi connectivity index (χ4n) is 4.27. The number of aliphatic carboxylic acids is 1. The Bertz CT molecular complexity index is 1170. The molecule has 1 saturated heterocycles. The SMILES string of the molecule is O=C(N[C@@H](Cc1ccc(Br)c2c1COC2)C(=O)O)c1c(F)cc(N2CCOC[C@@H]2C(F)(F)F)cc1F. The summed E-state index contributed by atoms with van der Waals surface area (Å²) in [6, 6.07) is 0.970. The van der Waals surface area contributed by atoms with Gasteiger partial charge in [-0.05, 0) is 34.9 Å². The number of hydrogen-bond donors (Lipinski definition) is 2. The quantitative estimate of drug-likeness (QED) is 0.505. The zero-order chi connectivity index (χ0) is 26.2. The zero-order valence-electron chi connectivity index (χ0n) is 18.5. The number of alkyl halides is 3. The first-order valence-electron chi connectivity index (χ1n) is 10.8. The normalized spacial score (nSPS) is 18.6. The van der Waals surface area contributed by atoms with E-state index in [-0.39, 0.29) is 26.2 Å². The molecule has 2 N–H and O–H groups in total. The molecular formula is C23H20BrF5N2O5. The number of nitrogens with zero attached hydrogens (tertiary/aromatic N) is 1. The molecule has 2 heterocycles. The maximum absolute atomic E-state index is 14.8. The Morgan fingerprint density at radius 2 is 1.81 bits per heavy atom. The second-order valence-corrected chi connectivity index (χ2v) is 9.19. The monoisotopic (exact) mass is 578 g/mol. The van der Waals surface area contributed by atoms with E-state index >= 15 is 0 Å². The first-order valence-corrected chi connectivity index (χ1v) is 11.6. The van der Waals surface area contributed by atoms with Gasteiger partial charge < -0.3 is 24.8 Å². The van der Waals surface area contributed by atoms with Crippen LogP contribution in [0.15, 0.2) is 28.7 Å². The van der Waals surface area contributed by atoms with Crippen molar-refractivity contribution in [3.05, 3.63) is 62.6 Å². The highest BCUT2D eigenvalue weighted by molar-refractivity contribution is 9.10. The van der Waals surface area contributed by atoms with Gasteiger partial charge in [0.15, 0.2) is 0 Å². The number of carbonyl (C=O) groups is 2. The molecule has 0 aromatic heterocycles. The molecule has 0 bridgehead atoms. The van der Waals surface area contributed by atoms with Crippen LogP contribution in [0.1, 0.15) is 27.0 Å². The average Bonchev–Trinajstić information content (AvgIpc) is 3.30. The molecule has 36 heavy (non-hydrogen) atoms. The van der Waals surface area contributed by atoms with E-state index in [0.717, 1.165) is 20.5 Å². The van der Waals surface area contributed by atoms with Crippen molar-refractivity contribution in [2.45, 2.75) is 37.9 Å². The molecule has 0 unspecified atom stereocenters. The van der Waals surface area contributed by atoms with Gasteiger partial charge in [-0.1, -0.05) is 22.0 Å². The first kappa shape index (κ1) is 26.3. The molecule has 2 aromatic rings. The number of halogens is 6. The van der Waals surface area contributed by atoms with Gasteiger partial charge in [0.05, 0.1) is 26.4 Å². The molecule has 0 spiro atoms. The molecule has 0 saturated carbocycles. The lowest BCUT2D eigenvalue weighted by atomic mass is 9.97. The van der Waals surface area contributed by atoms with Crippen LogP contribution in [0.25, 0.3) is 0 Å². The van der Waals surface area contributed by atoms with Gasteiger partial charge in [-0.2, -0.15) is 13.2 Å². The zero-order valence-corrected chi connectivity index (χ0v) is 20.1. The smallest absolute Gasteiger partial charge is 0.411 e. The lowest BCUT2D eigenvalue weighted by Gasteiger charge is -2.38. The van der Waals surface area contributed by atoms with Crippen LogP contribution >= 0.6 is 15.9 Å². The number of fused-ring (bicyclic) bond motifs is 1. The van der Waals surface area contributed by atoms with E-state index in [2.05, 4.69) is 21.2 Å². The Balaban J connectivity index is 1.56. The van der Waals surface area contributed by atoms with E-state index in [4.69, 9.17) is 9.47 Å². The highest BCUT2D eigenvalue weighted by atomic mass is 79.9. The number of carboxylic acid groups (broad SMARTS) is 1. The van der Waals surface area contributed by atoms with Crippen LogP contribution in [0.2, 0.25) is 0 Å². The third kappa shape index (κ3) is 5.32. The van der Waals surface area contributed by atoms with Crippen molar-refractivity contribution >= 4 is 33.5 Å². The Kier molecular flexibility index (Phi) is 7.53. The van der Waals surface area contributed by atoms with Gasteiger partial charge in [0.2, 0.25) is 0 Å². The number of rotatable bonds is 6. The number of ether oxygens (including phenoxy) is 2. The topological polar surface area (TPSA) is 88.1 Å². The van der Waals surface area contributed by atoms with Gasteiger partial charge in [-0.25, -0.2) is 13.6 Å². The van der Waals surface area contributed by atoms with Gasteiger partial charge in [0, 0.05) is 23.1 Å². The molecule has 0 aliphatic carbocycles. The van der Waals surface area contributed by atoms with E-state index < -0.39 is 59.6 Å². The van der Waals surface area contributed by atoms with E-state index in [9.17, 15) is 36.6 Å². The minimum absolute atomic E-state index is 0.0802. The predicted molar refractivity (Wildman–Crippen MR) is 120 cm³/mol. The van der Waals surface area contributed by atoms with Crippen LogP contribution in [0.3, 0.4) is 0 Å². The van der Waals surface area contributed by atoms with E-state index in [1.54, 1.807) is 12.1 Å². The molecular weight excluding hydrogens is 559 g/mol. The van der Waals surface area contributed by atoms with E-state index in [1.165, 1.54) is 0 Å². The van der Waals surface area contributed by atoms with E-state index in [0.29, 0.717) is 24.3 Å². The Hall–Kier alpha value is -2.77. The van der Waals surface area contributed by atoms with Crippen molar-refractivity contribution in [1.29, 1.82) is 0 Å². The summed E-state index contributed by atoms with van der Waals surface area (Å²) in [5, 5.41) is 11.7. The Labute approximate surface area is 210 Å². The van der Waals surface area contributed by atoms with Crippen molar-refractivity contribution in [3.8, 4) is 0 Å². The van der Waals surface area contributed by atoms with Gasteiger partial charge in [-0.15, -0.1) is 0 Å². The summed E-state index contributed by atoms with van der Waals surface area (Å²) in [7, 11) is 0. The van der Waals surface area contributed by atoms with Crippen molar-refractivity contribution in [2.24, 2.45) is 0 Å². The number of amides is 1. The summed E-state index contributed by atoms with van der Waals surface area (Å²) >= 11 is 3.39. The highest BCUT2D eigenvalue weighted by Gasteiger charge is 2.46. The number of anilines is 1. The molecule has 2 aromatic carbocycles. The number of hydrogen-bond acceptors (Lipinski definition) is 5. The third-order valence-corrected chi connectivity index (χ3v) is 6.83. The minimum atomic E-state index is -4.71. The van der Waals surface area contributed by atoms with E-state index in [1.807, 2.05) is 0 Å². The largest absolute Gasteiger partial charge is 0.480 e. The minimum Gasteiger partial charge on any atom is -0.480 e. The average molecular weight is 579 g/mol. The fraction of sp³-hybridized carbons (Fsp3) is 0.391. The van der Waals surface area contributed by atoms with Gasteiger partial charge >= 0.3 is 12.1 Å². The number of benzene rings is 2. The fourth-order valence-corrected chi connectivity index (χ4v) is 4.76. The second-order valence-electron chi connectivity index (χ2n) is 8.33. The third-order valence-electron chi connectivity index (χ3n) is 6.08. The van der Waals surface area contributed by atoms with Crippen LogP contribution in [-0.2, 0) is 33.9 Å². The summed E-state index contributed by atoms with van der Waals surface area (Å²) in [5.41, 5.74) is 0.686. The maximum Gasteiger partial charge on any atom is 0.411 e. The van der Waals surface area contributed by atoms with Gasteiger partial charge in [0.1, 0.15) is 29.3 Å². The van der Waals surface area contributed by atoms with Crippen LogP contribution in [0.4, 0.5) is 27.6 Å². The molecule has 2 aliphatic heterocycles.